The van der Waals surface area contributed by atoms with Crippen LogP contribution in [0.1, 0.15) is 10.9 Å². The molecule has 2 amide bonds. The van der Waals surface area contributed by atoms with E-state index >= 15 is 0 Å². The summed E-state index contributed by atoms with van der Waals surface area (Å²) >= 11 is 7.06. The number of benzene rings is 2. The summed E-state index contributed by atoms with van der Waals surface area (Å²) in [5.41, 5.74) is 0.655. The number of para-hydroxylation sites is 1. The molecule has 1 aliphatic rings. The van der Waals surface area contributed by atoms with Gasteiger partial charge in [0.1, 0.15) is 16.6 Å². The van der Waals surface area contributed by atoms with Crippen LogP contribution in [-0.2, 0) is 14.4 Å². The zero-order valence-electron chi connectivity index (χ0n) is 13.6. The molecule has 2 heterocycles. The van der Waals surface area contributed by atoms with E-state index in [1.54, 1.807) is 6.07 Å². The number of rotatable bonds is 2. The number of thiazole rings is 1. The molecule has 0 bridgehead atoms. The number of Topliss-reactive ketones (excluding diaryl/α,β-unsaturated/α-hetero) is 1. The number of carbonyl (C=O) groups is 3. The number of anilines is 1. The topological polar surface area (TPSA) is 106 Å². The standard InChI is InChI=1S/C18H11ClN4O3S/c19-9-5-7-10(8-6-9)23-17(25)14(22-20)13(15(24)18(23)26)16-21-11-3-1-2-4-12(11)27-16/h1-8,13H,20H2/b22-14+/t13-/m0/s1. The van der Waals surface area contributed by atoms with E-state index in [1.165, 1.54) is 35.6 Å². The van der Waals surface area contributed by atoms with Crippen molar-refractivity contribution in [2.24, 2.45) is 10.9 Å². The van der Waals surface area contributed by atoms with Gasteiger partial charge >= 0.3 is 5.91 Å². The molecule has 0 saturated carbocycles. The molecule has 0 radical (unpaired) electrons. The Labute approximate surface area is 162 Å². The minimum atomic E-state index is -1.21. The molecule has 9 heteroatoms. The molecule has 0 unspecified atom stereocenters. The zero-order chi connectivity index (χ0) is 19.1. The van der Waals surface area contributed by atoms with Gasteiger partial charge in [0.2, 0.25) is 5.78 Å². The third kappa shape index (κ3) is 2.79. The van der Waals surface area contributed by atoms with Crippen LogP contribution in [0.3, 0.4) is 0 Å². The predicted molar refractivity (Wildman–Crippen MR) is 103 cm³/mol. The van der Waals surface area contributed by atoms with Gasteiger partial charge in [0.05, 0.1) is 15.9 Å². The van der Waals surface area contributed by atoms with E-state index in [-0.39, 0.29) is 11.4 Å². The van der Waals surface area contributed by atoms with Crippen LogP contribution in [-0.4, -0.2) is 28.3 Å². The molecule has 1 fully saturated rings. The summed E-state index contributed by atoms with van der Waals surface area (Å²) in [6, 6.07) is 13.2. The number of ketones is 1. The third-order valence-electron chi connectivity index (χ3n) is 4.15. The van der Waals surface area contributed by atoms with Gasteiger partial charge in [0.25, 0.3) is 5.91 Å². The Kier molecular flexibility index (Phi) is 4.21. The Morgan fingerprint density at radius 1 is 1.04 bits per heavy atom. The van der Waals surface area contributed by atoms with E-state index in [2.05, 4.69) is 10.1 Å². The van der Waals surface area contributed by atoms with Crippen LogP contribution in [0.5, 0.6) is 0 Å². The van der Waals surface area contributed by atoms with Crippen LogP contribution in [0.25, 0.3) is 10.2 Å². The van der Waals surface area contributed by atoms with Crippen LogP contribution >= 0.6 is 22.9 Å². The molecule has 27 heavy (non-hydrogen) atoms. The van der Waals surface area contributed by atoms with Crippen molar-refractivity contribution in [2.75, 3.05) is 4.90 Å². The molecular formula is C18H11ClN4O3S. The van der Waals surface area contributed by atoms with Gasteiger partial charge in [0, 0.05) is 5.02 Å². The van der Waals surface area contributed by atoms with Crippen molar-refractivity contribution in [2.45, 2.75) is 5.92 Å². The monoisotopic (exact) mass is 398 g/mol. The fourth-order valence-corrected chi connectivity index (χ4v) is 4.08. The fraction of sp³-hybridized carbons (Fsp3) is 0.0556. The van der Waals surface area contributed by atoms with Crippen LogP contribution in [0.2, 0.25) is 5.02 Å². The van der Waals surface area contributed by atoms with Crippen molar-refractivity contribution in [3.63, 3.8) is 0 Å². The molecule has 1 aromatic heterocycles. The first-order chi connectivity index (χ1) is 13.0. The number of piperidine rings is 1. The number of fused-ring (bicyclic) bond motifs is 1. The Balaban J connectivity index is 1.80. The minimum Gasteiger partial charge on any atom is -0.323 e. The summed E-state index contributed by atoms with van der Waals surface area (Å²) in [5.74, 6) is 1.68. The minimum absolute atomic E-state index is 0.214. The molecule has 1 atom stereocenters. The average molecular weight is 399 g/mol. The lowest BCUT2D eigenvalue weighted by Gasteiger charge is -2.28. The van der Waals surface area contributed by atoms with E-state index < -0.39 is 23.5 Å². The second kappa shape index (κ2) is 6.57. The van der Waals surface area contributed by atoms with Crippen molar-refractivity contribution in [3.8, 4) is 0 Å². The number of hydrogen-bond acceptors (Lipinski definition) is 7. The first-order valence-corrected chi connectivity index (χ1v) is 9.02. The number of carbonyl (C=O) groups excluding carboxylic acids is 3. The Morgan fingerprint density at radius 2 is 1.74 bits per heavy atom. The van der Waals surface area contributed by atoms with Crippen LogP contribution in [0, 0.1) is 0 Å². The van der Waals surface area contributed by atoms with Gasteiger partial charge in [-0.05, 0) is 36.4 Å². The maximum Gasteiger partial charge on any atom is 0.302 e. The normalized spacial score (nSPS) is 19.3. The Bertz CT molecular complexity index is 1090. The highest BCUT2D eigenvalue weighted by atomic mass is 35.5. The van der Waals surface area contributed by atoms with Gasteiger partial charge in [-0.3, -0.25) is 14.4 Å². The second-order valence-corrected chi connectivity index (χ2v) is 7.25. The molecule has 1 aliphatic heterocycles. The summed E-state index contributed by atoms with van der Waals surface area (Å²) in [6.45, 7) is 0. The van der Waals surface area contributed by atoms with Crippen molar-refractivity contribution in [3.05, 3.63) is 58.6 Å². The average Bonchev–Trinajstić information content (AvgIpc) is 3.09. The second-order valence-electron chi connectivity index (χ2n) is 5.75. The smallest absolute Gasteiger partial charge is 0.302 e. The van der Waals surface area contributed by atoms with E-state index in [0.717, 1.165) is 9.60 Å². The lowest BCUT2D eigenvalue weighted by Crippen LogP contribution is -2.55. The molecule has 134 valence electrons. The van der Waals surface area contributed by atoms with Gasteiger partial charge in [-0.25, -0.2) is 9.88 Å². The first-order valence-electron chi connectivity index (χ1n) is 7.82. The van der Waals surface area contributed by atoms with E-state index in [9.17, 15) is 14.4 Å². The Hall–Kier alpha value is -3.10. The van der Waals surface area contributed by atoms with E-state index in [1.807, 2.05) is 18.2 Å². The number of nitrogens with two attached hydrogens (primary N) is 1. The number of nitrogens with zero attached hydrogens (tertiary/aromatic N) is 3. The quantitative estimate of drug-likeness (QED) is 0.309. The summed E-state index contributed by atoms with van der Waals surface area (Å²) < 4.78 is 0.830. The summed E-state index contributed by atoms with van der Waals surface area (Å²) in [5, 5.41) is 4.27. The highest BCUT2D eigenvalue weighted by molar-refractivity contribution is 7.19. The van der Waals surface area contributed by atoms with Crippen molar-refractivity contribution >= 4 is 62.2 Å². The maximum atomic E-state index is 12.9. The number of amides is 2. The van der Waals surface area contributed by atoms with Crippen molar-refractivity contribution < 1.29 is 14.4 Å². The summed E-state index contributed by atoms with van der Waals surface area (Å²) in [4.78, 5) is 43.5. The van der Waals surface area contributed by atoms with Crippen molar-refractivity contribution in [1.82, 2.24) is 4.98 Å². The third-order valence-corrected chi connectivity index (χ3v) is 5.51. The highest BCUT2D eigenvalue weighted by Crippen LogP contribution is 2.33. The summed E-state index contributed by atoms with van der Waals surface area (Å²) in [7, 11) is 0. The van der Waals surface area contributed by atoms with Gasteiger partial charge < -0.3 is 5.84 Å². The number of halogens is 1. The Morgan fingerprint density at radius 3 is 2.41 bits per heavy atom. The van der Waals surface area contributed by atoms with Gasteiger partial charge in [-0.15, -0.1) is 11.3 Å². The zero-order valence-corrected chi connectivity index (χ0v) is 15.2. The summed E-state index contributed by atoms with van der Waals surface area (Å²) in [6.07, 6.45) is 0. The predicted octanol–water partition coefficient (Wildman–Crippen LogP) is 2.49. The van der Waals surface area contributed by atoms with Crippen LogP contribution in [0.15, 0.2) is 53.6 Å². The SMILES string of the molecule is N/N=C1/C(=O)N(c2ccc(Cl)cc2)C(=O)C(=O)[C@H]1c1nc2ccccc2s1. The fourth-order valence-electron chi connectivity index (χ4n) is 2.89. The van der Waals surface area contributed by atoms with Crippen molar-refractivity contribution in [1.29, 1.82) is 0 Å². The number of hydrazone groups is 1. The van der Waals surface area contributed by atoms with E-state index in [4.69, 9.17) is 17.4 Å². The lowest BCUT2D eigenvalue weighted by atomic mass is 9.92. The molecule has 2 N–H and O–H groups in total. The first kappa shape index (κ1) is 17.3. The van der Waals surface area contributed by atoms with Gasteiger partial charge in [0.15, 0.2) is 0 Å². The van der Waals surface area contributed by atoms with E-state index in [0.29, 0.717) is 15.5 Å². The molecule has 7 nitrogen and oxygen atoms in total. The molecule has 1 saturated heterocycles. The van der Waals surface area contributed by atoms with Gasteiger partial charge in [-0.1, -0.05) is 23.7 Å². The molecule has 4 rings (SSSR count). The number of aromatic nitrogens is 1. The molecule has 0 spiro atoms. The van der Waals surface area contributed by atoms with Crippen LogP contribution < -0.4 is 10.7 Å². The van der Waals surface area contributed by atoms with Gasteiger partial charge in [-0.2, -0.15) is 5.10 Å². The molecule has 2 aromatic carbocycles. The maximum absolute atomic E-state index is 12.9. The number of imide groups is 1. The number of hydrogen-bond donors (Lipinski definition) is 1. The molecule has 3 aromatic rings. The lowest BCUT2D eigenvalue weighted by molar-refractivity contribution is -0.139. The molecule has 0 aliphatic carbocycles. The molecular weight excluding hydrogens is 388 g/mol. The van der Waals surface area contributed by atoms with Crippen LogP contribution in [0.4, 0.5) is 5.69 Å². The highest BCUT2D eigenvalue weighted by Gasteiger charge is 2.48. The largest absolute Gasteiger partial charge is 0.323 e.